The number of carbonyl (C=O) groups excluding carboxylic acids is 2. The Balaban J connectivity index is 1.43. The maximum atomic E-state index is 14.2. The van der Waals surface area contributed by atoms with Crippen molar-refractivity contribution in [2.24, 2.45) is 5.92 Å². The van der Waals surface area contributed by atoms with E-state index in [2.05, 4.69) is 27.3 Å². The van der Waals surface area contributed by atoms with Gasteiger partial charge < -0.3 is 5.32 Å². The summed E-state index contributed by atoms with van der Waals surface area (Å²) in [4.78, 5) is 28.8. The largest absolute Gasteiger partial charge is 0.354 e. The molecule has 2 aliphatic heterocycles. The van der Waals surface area contributed by atoms with Gasteiger partial charge >= 0.3 is 0 Å². The number of carbonyl (C=O) groups is 2. The van der Waals surface area contributed by atoms with E-state index in [0.29, 0.717) is 18.1 Å². The zero-order valence-corrected chi connectivity index (χ0v) is 15.4. The molecule has 2 atom stereocenters. The van der Waals surface area contributed by atoms with E-state index in [-0.39, 0.29) is 36.0 Å². The van der Waals surface area contributed by atoms with E-state index >= 15 is 0 Å². The normalized spacial score (nSPS) is 23.5. The summed E-state index contributed by atoms with van der Waals surface area (Å²) in [5.41, 5.74) is 0.534. The molecule has 8 heteroatoms. The molecule has 2 saturated heterocycles. The lowest BCUT2D eigenvalue weighted by Crippen LogP contribution is -2.42. The Bertz CT molecular complexity index is 867. The SMILES string of the molecule is CCN1CCC[C@@H]1CNC(=O)[C@@H]1CC(=O)N(c2n[nH]c3cccc(F)c23)C1. The second kappa shape index (κ2) is 7.26. The Morgan fingerprint density at radius 3 is 3.11 bits per heavy atom. The van der Waals surface area contributed by atoms with Gasteiger partial charge in [-0.2, -0.15) is 5.10 Å². The van der Waals surface area contributed by atoms with Crippen LogP contribution in [0.25, 0.3) is 10.9 Å². The first-order chi connectivity index (χ1) is 13.1. The third kappa shape index (κ3) is 3.29. The highest BCUT2D eigenvalue weighted by Gasteiger charge is 2.37. The lowest BCUT2D eigenvalue weighted by atomic mass is 10.1. The third-order valence-electron chi connectivity index (χ3n) is 5.69. The molecule has 0 radical (unpaired) electrons. The summed E-state index contributed by atoms with van der Waals surface area (Å²) in [5.74, 6) is -0.932. The molecule has 2 N–H and O–H groups in total. The van der Waals surface area contributed by atoms with Gasteiger partial charge in [0.25, 0.3) is 0 Å². The summed E-state index contributed by atoms with van der Waals surface area (Å²) in [6.45, 7) is 5.01. The van der Waals surface area contributed by atoms with E-state index in [1.807, 2.05) is 0 Å². The van der Waals surface area contributed by atoms with Gasteiger partial charge in [-0.1, -0.05) is 13.0 Å². The molecule has 3 heterocycles. The Hall–Kier alpha value is -2.48. The average Bonchev–Trinajstić information content (AvgIpc) is 3.37. The van der Waals surface area contributed by atoms with Crippen LogP contribution in [-0.2, 0) is 9.59 Å². The smallest absolute Gasteiger partial charge is 0.229 e. The molecular formula is C19H24FN5O2. The molecule has 1 aromatic carbocycles. The second-order valence-corrected chi connectivity index (χ2v) is 7.28. The molecule has 2 aromatic rings. The van der Waals surface area contributed by atoms with Gasteiger partial charge in [0.15, 0.2) is 5.82 Å². The molecule has 4 rings (SSSR count). The Labute approximate surface area is 156 Å². The number of likely N-dealkylation sites (N-methyl/N-ethyl adjacent to an activating group) is 1. The van der Waals surface area contributed by atoms with Crippen molar-refractivity contribution in [2.75, 3.05) is 31.1 Å². The van der Waals surface area contributed by atoms with Crippen LogP contribution in [0.3, 0.4) is 0 Å². The van der Waals surface area contributed by atoms with Crippen molar-refractivity contribution in [3.05, 3.63) is 24.0 Å². The van der Waals surface area contributed by atoms with Crippen LogP contribution in [0.1, 0.15) is 26.2 Å². The molecule has 0 unspecified atom stereocenters. The van der Waals surface area contributed by atoms with Crippen molar-refractivity contribution in [3.8, 4) is 0 Å². The van der Waals surface area contributed by atoms with Gasteiger partial charge in [0.1, 0.15) is 5.82 Å². The minimum atomic E-state index is -0.437. The number of benzene rings is 1. The molecule has 2 aliphatic rings. The van der Waals surface area contributed by atoms with Crippen molar-refractivity contribution in [1.29, 1.82) is 0 Å². The van der Waals surface area contributed by atoms with Gasteiger partial charge in [0, 0.05) is 25.6 Å². The highest BCUT2D eigenvalue weighted by Crippen LogP contribution is 2.31. The van der Waals surface area contributed by atoms with Crippen molar-refractivity contribution < 1.29 is 14.0 Å². The zero-order chi connectivity index (χ0) is 19.0. The first-order valence-electron chi connectivity index (χ1n) is 9.53. The van der Waals surface area contributed by atoms with Gasteiger partial charge in [-0.3, -0.25) is 24.5 Å². The lowest BCUT2D eigenvalue weighted by Gasteiger charge is -2.23. The predicted octanol–water partition coefficient (Wildman–Crippen LogP) is 1.66. The molecule has 144 valence electrons. The number of anilines is 1. The fraction of sp³-hybridized carbons (Fsp3) is 0.526. The van der Waals surface area contributed by atoms with Crippen LogP contribution in [0.15, 0.2) is 18.2 Å². The number of amides is 2. The van der Waals surface area contributed by atoms with Crippen molar-refractivity contribution in [1.82, 2.24) is 20.4 Å². The summed E-state index contributed by atoms with van der Waals surface area (Å²) in [5, 5.41) is 10.2. The van der Waals surface area contributed by atoms with E-state index in [0.717, 1.165) is 25.9 Å². The van der Waals surface area contributed by atoms with Crippen molar-refractivity contribution in [2.45, 2.75) is 32.2 Å². The molecule has 7 nitrogen and oxygen atoms in total. The van der Waals surface area contributed by atoms with Crippen LogP contribution in [0, 0.1) is 11.7 Å². The standard InChI is InChI=1S/C19H24FN5O2/c1-2-24-8-4-5-13(24)10-21-19(27)12-9-16(26)25(11-12)18-17-14(20)6-3-7-15(17)22-23-18/h3,6-7,12-13H,2,4-5,8-11H2,1H3,(H,21,27)(H,22,23)/t12-,13-/m1/s1. The molecule has 0 saturated carbocycles. The van der Waals surface area contributed by atoms with Crippen molar-refractivity contribution >= 4 is 28.5 Å². The van der Waals surface area contributed by atoms with Crippen LogP contribution in [0.5, 0.6) is 0 Å². The maximum absolute atomic E-state index is 14.2. The highest BCUT2D eigenvalue weighted by molar-refractivity contribution is 6.05. The van der Waals surface area contributed by atoms with E-state index in [1.54, 1.807) is 12.1 Å². The van der Waals surface area contributed by atoms with Gasteiger partial charge in [0.05, 0.1) is 16.8 Å². The topological polar surface area (TPSA) is 81.3 Å². The Morgan fingerprint density at radius 1 is 1.44 bits per heavy atom. The quantitative estimate of drug-likeness (QED) is 0.835. The maximum Gasteiger partial charge on any atom is 0.229 e. The number of aromatic amines is 1. The number of nitrogens with zero attached hydrogens (tertiary/aromatic N) is 3. The highest BCUT2D eigenvalue weighted by atomic mass is 19.1. The van der Waals surface area contributed by atoms with Crippen LogP contribution in [-0.4, -0.2) is 59.1 Å². The summed E-state index contributed by atoms with van der Waals surface area (Å²) < 4.78 is 14.2. The minimum absolute atomic E-state index is 0.117. The van der Waals surface area contributed by atoms with Crippen LogP contribution >= 0.6 is 0 Å². The van der Waals surface area contributed by atoms with Crippen molar-refractivity contribution in [3.63, 3.8) is 0 Å². The number of rotatable bonds is 5. The summed E-state index contributed by atoms with van der Waals surface area (Å²) in [6.07, 6.45) is 2.36. The summed E-state index contributed by atoms with van der Waals surface area (Å²) in [7, 11) is 0. The van der Waals surface area contributed by atoms with Gasteiger partial charge in [-0.15, -0.1) is 0 Å². The zero-order valence-electron chi connectivity index (χ0n) is 15.4. The minimum Gasteiger partial charge on any atom is -0.354 e. The van der Waals surface area contributed by atoms with Crippen LogP contribution in [0.4, 0.5) is 10.2 Å². The molecule has 27 heavy (non-hydrogen) atoms. The number of aromatic nitrogens is 2. The monoisotopic (exact) mass is 373 g/mol. The van der Waals surface area contributed by atoms with E-state index < -0.39 is 11.7 Å². The number of likely N-dealkylation sites (tertiary alicyclic amines) is 1. The second-order valence-electron chi connectivity index (χ2n) is 7.28. The fourth-order valence-corrected chi connectivity index (χ4v) is 4.20. The number of nitrogens with one attached hydrogen (secondary N) is 2. The number of H-pyrrole nitrogens is 1. The Morgan fingerprint density at radius 2 is 2.30 bits per heavy atom. The molecule has 0 aliphatic carbocycles. The van der Waals surface area contributed by atoms with E-state index in [1.165, 1.54) is 11.0 Å². The Kier molecular flexibility index (Phi) is 4.82. The number of hydrogen-bond donors (Lipinski definition) is 2. The van der Waals surface area contributed by atoms with Gasteiger partial charge in [-0.05, 0) is 38.1 Å². The van der Waals surface area contributed by atoms with Crippen LogP contribution < -0.4 is 10.2 Å². The molecular weight excluding hydrogens is 349 g/mol. The molecule has 0 spiro atoms. The van der Waals surface area contributed by atoms with Crippen LogP contribution in [0.2, 0.25) is 0 Å². The number of fused-ring (bicyclic) bond motifs is 1. The number of halogens is 1. The average molecular weight is 373 g/mol. The first-order valence-corrected chi connectivity index (χ1v) is 9.53. The lowest BCUT2D eigenvalue weighted by molar-refractivity contribution is -0.126. The molecule has 1 aromatic heterocycles. The molecule has 2 fully saturated rings. The predicted molar refractivity (Wildman–Crippen MR) is 99.8 cm³/mol. The first kappa shape index (κ1) is 17.9. The molecule has 0 bridgehead atoms. The molecule has 2 amide bonds. The summed E-state index contributed by atoms with van der Waals surface area (Å²) in [6, 6.07) is 5.01. The van der Waals surface area contributed by atoms with E-state index in [4.69, 9.17) is 0 Å². The third-order valence-corrected chi connectivity index (χ3v) is 5.69. The fourth-order valence-electron chi connectivity index (χ4n) is 4.20. The van der Waals surface area contributed by atoms with E-state index in [9.17, 15) is 14.0 Å². The summed E-state index contributed by atoms with van der Waals surface area (Å²) >= 11 is 0. The van der Waals surface area contributed by atoms with Gasteiger partial charge in [0.2, 0.25) is 11.8 Å². The number of hydrogen-bond acceptors (Lipinski definition) is 4. The van der Waals surface area contributed by atoms with Gasteiger partial charge in [-0.25, -0.2) is 4.39 Å².